The zero-order chi connectivity index (χ0) is 14.1. The maximum Gasteiger partial charge on any atom is 0.157 e. The molecule has 0 aliphatic carbocycles. The summed E-state index contributed by atoms with van der Waals surface area (Å²) in [6.45, 7) is 2.35. The Morgan fingerprint density at radius 1 is 1.15 bits per heavy atom. The third-order valence-electron chi connectivity index (χ3n) is 3.01. The number of nitrogens with zero attached hydrogens (tertiary/aromatic N) is 2. The lowest BCUT2D eigenvalue weighted by Crippen LogP contribution is -1.96. The van der Waals surface area contributed by atoms with Crippen LogP contribution < -0.4 is 4.74 Å². The van der Waals surface area contributed by atoms with Gasteiger partial charge in [0.2, 0.25) is 0 Å². The van der Waals surface area contributed by atoms with Crippen LogP contribution >= 0.6 is 23.2 Å². The van der Waals surface area contributed by atoms with Gasteiger partial charge in [0.15, 0.2) is 5.75 Å². The van der Waals surface area contributed by atoms with Gasteiger partial charge in [-0.25, -0.2) is 4.98 Å². The van der Waals surface area contributed by atoms with E-state index in [0.717, 1.165) is 16.9 Å². The van der Waals surface area contributed by atoms with Gasteiger partial charge in [0, 0.05) is 12.4 Å². The number of hydrogen-bond donors (Lipinski definition) is 0. The van der Waals surface area contributed by atoms with Gasteiger partial charge in [0.05, 0.1) is 15.7 Å². The van der Waals surface area contributed by atoms with Crippen LogP contribution in [0.3, 0.4) is 0 Å². The van der Waals surface area contributed by atoms with Crippen molar-refractivity contribution in [3.63, 3.8) is 0 Å². The number of pyridine rings is 1. The van der Waals surface area contributed by atoms with Gasteiger partial charge in [0.1, 0.15) is 12.3 Å². The molecule has 0 aliphatic rings. The minimum atomic E-state index is 0.324. The lowest BCUT2D eigenvalue weighted by molar-refractivity contribution is 0.302. The van der Waals surface area contributed by atoms with Crippen LogP contribution in [0.15, 0.2) is 42.7 Å². The Bertz CT molecular complexity index is 747. The molecule has 5 heteroatoms. The molecule has 0 spiro atoms. The molecule has 3 nitrogen and oxygen atoms in total. The SMILES string of the molecule is Cc1cccn2cc(COc3c(Cl)cccc3Cl)nc12. The third kappa shape index (κ3) is 2.47. The van der Waals surface area contributed by atoms with Crippen molar-refractivity contribution in [2.75, 3.05) is 0 Å². The highest BCUT2D eigenvalue weighted by molar-refractivity contribution is 6.37. The second-order valence-electron chi connectivity index (χ2n) is 4.49. The maximum absolute atomic E-state index is 6.06. The predicted molar refractivity (Wildman–Crippen MR) is 80.7 cm³/mol. The van der Waals surface area contributed by atoms with E-state index in [1.165, 1.54) is 0 Å². The number of hydrogen-bond acceptors (Lipinski definition) is 2. The largest absolute Gasteiger partial charge is 0.484 e. The minimum Gasteiger partial charge on any atom is -0.484 e. The zero-order valence-electron chi connectivity index (χ0n) is 10.8. The van der Waals surface area contributed by atoms with Crippen molar-refractivity contribution in [3.8, 4) is 5.75 Å². The maximum atomic E-state index is 6.06. The number of imidazole rings is 1. The fourth-order valence-electron chi connectivity index (χ4n) is 2.04. The molecule has 0 radical (unpaired) electrons. The summed E-state index contributed by atoms with van der Waals surface area (Å²) in [4.78, 5) is 4.54. The summed E-state index contributed by atoms with van der Waals surface area (Å²) in [5, 5.41) is 0.995. The van der Waals surface area contributed by atoms with E-state index in [9.17, 15) is 0 Å². The second-order valence-corrected chi connectivity index (χ2v) is 5.31. The van der Waals surface area contributed by atoms with Crippen molar-refractivity contribution in [1.29, 1.82) is 0 Å². The number of aromatic nitrogens is 2. The molecule has 0 saturated carbocycles. The van der Waals surface area contributed by atoms with Gasteiger partial charge in [-0.2, -0.15) is 0 Å². The van der Waals surface area contributed by atoms with Crippen LogP contribution in [0.1, 0.15) is 11.3 Å². The normalized spacial score (nSPS) is 10.9. The summed E-state index contributed by atoms with van der Waals surface area (Å²) < 4.78 is 7.66. The smallest absolute Gasteiger partial charge is 0.157 e. The highest BCUT2D eigenvalue weighted by atomic mass is 35.5. The first-order valence-corrected chi connectivity index (χ1v) is 6.91. The van der Waals surface area contributed by atoms with Crippen LogP contribution in [-0.4, -0.2) is 9.38 Å². The van der Waals surface area contributed by atoms with Gasteiger partial charge < -0.3 is 9.14 Å². The summed E-state index contributed by atoms with van der Waals surface area (Å²) in [5.74, 6) is 0.490. The quantitative estimate of drug-likeness (QED) is 0.711. The molecule has 0 amide bonds. The molecule has 0 saturated heterocycles. The molecule has 0 N–H and O–H groups in total. The topological polar surface area (TPSA) is 26.5 Å². The Kier molecular flexibility index (Phi) is 3.55. The number of halogens is 2. The van der Waals surface area contributed by atoms with Crippen molar-refractivity contribution >= 4 is 28.8 Å². The van der Waals surface area contributed by atoms with Crippen molar-refractivity contribution in [2.45, 2.75) is 13.5 Å². The lowest BCUT2D eigenvalue weighted by atomic mass is 10.3. The van der Waals surface area contributed by atoms with Gasteiger partial charge in [-0.15, -0.1) is 0 Å². The minimum absolute atomic E-state index is 0.324. The van der Waals surface area contributed by atoms with Crippen LogP contribution in [0.2, 0.25) is 10.0 Å². The molecule has 0 aliphatic heterocycles. The first-order chi connectivity index (χ1) is 9.65. The summed E-state index contributed by atoms with van der Waals surface area (Å²) in [6.07, 6.45) is 3.90. The van der Waals surface area contributed by atoms with E-state index in [1.807, 2.05) is 35.9 Å². The molecule has 3 aromatic rings. The Morgan fingerprint density at radius 2 is 1.90 bits per heavy atom. The summed E-state index contributed by atoms with van der Waals surface area (Å²) in [6, 6.07) is 9.29. The van der Waals surface area contributed by atoms with Gasteiger partial charge >= 0.3 is 0 Å². The van der Waals surface area contributed by atoms with Gasteiger partial charge in [-0.05, 0) is 30.7 Å². The monoisotopic (exact) mass is 306 g/mol. The van der Waals surface area contributed by atoms with Crippen molar-refractivity contribution in [1.82, 2.24) is 9.38 Å². The molecular weight excluding hydrogens is 295 g/mol. The first kappa shape index (κ1) is 13.3. The molecule has 20 heavy (non-hydrogen) atoms. The Morgan fingerprint density at radius 3 is 2.60 bits per heavy atom. The highest BCUT2D eigenvalue weighted by Crippen LogP contribution is 2.32. The van der Waals surface area contributed by atoms with E-state index >= 15 is 0 Å². The molecule has 1 aromatic carbocycles. The number of para-hydroxylation sites is 1. The van der Waals surface area contributed by atoms with Gasteiger partial charge in [-0.3, -0.25) is 0 Å². The third-order valence-corrected chi connectivity index (χ3v) is 3.61. The molecular formula is C15H12Cl2N2O. The van der Waals surface area contributed by atoms with E-state index in [4.69, 9.17) is 27.9 Å². The standard InChI is InChI=1S/C15H12Cl2N2O/c1-10-4-3-7-19-8-11(18-15(10)19)9-20-14-12(16)5-2-6-13(14)17/h2-8H,9H2,1H3. The molecule has 2 heterocycles. The number of rotatable bonds is 3. The number of benzene rings is 1. The van der Waals surface area contributed by atoms with E-state index in [-0.39, 0.29) is 0 Å². The summed E-state index contributed by atoms with van der Waals surface area (Å²) in [5.41, 5.74) is 2.88. The fraction of sp³-hybridized carbons (Fsp3) is 0.133. The van der Waals surface area contributed by atoms with Gasteiger partial charge in [-0.1, -0.05) is 35.3 Å². The molecule has 0 unspecified atom stereocenters. The van der Waals surface area contributed by atoms with Crippen LogP contribution in [0.5, 0.6) is 5.75 Å². The predicted octanol–water partition coefficient (Wildman–Crippen LogP) is 4.53. The van der Waals surface area contributed by atoms with Crippen LogP contribution in [-0.2, 0) is 6.61 Å². The van der Waals surface area contributed by atoms with E-state index in [1.54, 1.807) is 18.2 Å². The number of fused-ring (bicyclic) bond motifs is 1. The van der Waals surface area contributed by atoms with Gasteiger partial charge in [0.25, 0.3) is 0 Å². The summed E-state index contributed by atoms with van der Waals surface area (Å²) >= 11 is 12.1. The fourth-order valence-corrected chi connectivity index (χ4v) is 2.55. The average molecular weight is 307 g/mol. The van der Waals surface area contributed by atoms with Crippen molar-refractivity contribution in [3.05, 3.63) is 64.0 Å². The first-order valence-electron chi connectivity index (χ1n) is 6.15. The van der Waals surface area contributed by atoms with E-state index in [2.05, 4.69) is 4.98 Å². The van der Waals surface area contributed by atoms with E-state index in [0.29, 0.717) is 22.4 Å². The molecule has 0 bridgehead atoms. The number of ether oxygens (including phenoxy) is 1. The molecule has 0 fully saturated rings. The Balaban J connectivity index is 1.85. The van der Waals surface area contributed by atoms with Crippen molar-refractivity contribution in [2.24, 2.45) is 0 Å². The van der Waals surface area contributed by atoms with Crippen LogP contribution in [0.25, 0.3) is 5.65 Å². The van der Waals surface area contributed by atoms with Crippen LogP contribution in [0, 0.1) is 6.92 Å². The lowest BCUT2D eigenvalue weighted by Gasteiger charge is -2.07. The second kappa shape index (κ2) is 5.35. The van der Waals surface area contributed by atoms with Crippen molar-refractivity contribution < 1.29 is 4.74 Å². The molecule has 102 valence electrons. The number of aryl methyl sites for hydroxylation is 1. The van der Waals surface area contributed by atoms with Crippen LogP contribution in [0.4, 0.5) is 0 Å². The Hall–Kier alpha value is -1.71. The molecule has 0 atom stereocenters. The van der Waals surface area contributed by atoms with E-state index < -0.39 is 0 Å². The molecule has 3 rings (SSSR count). The highest BCUT2D eigenvalue weighted by Gasteiger charge is 2.09. The average Bonchev–Trinajstić information content (AvgIpc) is 2.83. The Labute approximate surface area is 126 Å². The molecule has 2 aromatic heterocycles. The zero-order valence-corrected chi connectivity index (χ0v) is 12.3. The summed E-state index contributed by atoms with van der Waals surface area (Å²) in [7, 11) is 0.